The molecule has 1 amide bonds. The molecular formula is C15H20N2O2. The molecule has 0 fully saturated rings. The molecule has 1 rings (SSSR count). The largest absolute Gasteiger partial charge is 0.381 e. The Hall–Kier alpha value is -1.83. The molecule has 4 nitrogen and oxygen atoms in total. The van der Waals surface area contributed by atoms with Crippen LogP contribution < -0.4 is 11.1 Å². The van der Waals surface area contributed by atoms with E-state index in [1.165, 1.54) is 0 Å². The average Bonchev–Trinajstić information content (AvgIpc) is 2.38. The highest BCUT2D eigenvalue weighted by atomic mass is 16.5. The highest BCUT2D eigenvalue weighted by Gasteiger charge is 2.06. The van der Waals surface area contributed by atoms with Gasteiger partial charge in [-0.3, -0.25) is 4.79 Å². The van der Waals surface area contributed by atoms with Gasteiger partial charge in [-0.2, -0.15) is 0 Å². The van der Waals surface area contributed by atoms with E-state index in [0.717, 1.165) is 16.8 Å². The van der Waals surface area contributed by atoms with E-state index < -0.39 is 0 Å². The van der Waals surface area contributed by atoms with E-state index in [-0.39, 0.29) is 5.91 Å². The van der Waals surface area contributed by atoms with Crippen LogP contribution in [0.4, 0.5) is 5.69 Å². The summed E-state index contributed by atoms with van der Waals surface area (Å²) in [5.41, 5.74) is 7.93. The Labute approximate surface area is 114 Å². The van der Waals surface area contributed by atoms with Crippen LogP contribution in [0.5, 0.6) is 0 Å². The molecule has 4 heteroatoms. The maximum absolute atomic E-state index is 11.8. The van der Waals surface area contributed by atoms with Crippen LogP contribution in [0.25, 0.3) is 0 Å². The molecule has 0 aromatic heterocycles. The lowest BCUT2D eigenvalue weighted by molar-refractivity contribution is -0.117. The fraction of sp³-hybridized carbons (Fsp3) is 0.400. The average molecular weight is 260 g/mol. The number of ether oxygens (including phenoxy) is 1. The zero-order valence-electron chi connectivity index (χ0n) is 11.5. The third-order valence-electron chi connectivity index (χ3n) is 2.45. The van der Waals surface area contributed by atoms with Crippen molar-refractivity contribution in [2.75, 3.05) is 25.1 Å². The predicted octanol–water partition coefficient (Wildman–Crippen LogP) is 1.67. The zero-order valence-corrected chi connectivity index (χ0v) is 11.5. The van der Waals surface area contributed by atoms with E-state index in [9.17, 15) is 4.79 Å². The lowest BCUT2D eigenvalue weighted by Crippen LogP contribution is -2.15. The second-order valence-electron chi connectivity index (χ2n) is 4.05. The van der Waals surface area contributed by atoms with Crippen LogP contribution in [0.2, 0.25) is 0 Å². The van der Waals surface area contributed by atoms with Gasteiger partial charge in [0.1, 0.15) is 0 Å². The number of carbonyl (C=O) groups is 1. The third-order valence-corrected chi connectivity index (χ3v) is 2.45. The van der Waals surface area contributed by atoms with Crippen molar-refractivity contribution < 1.29 is 9.53 Å². The van der Waals surface area contributed by atoms with E-state index in [1.54, 1.807) is 0 Å². The van der Waals surface area contributed by atoms with Crippen molar-refractivity contribution >= 4 is 11.6 Å². The van der Waals surface area contributed by atoms with Crippen LogP contribution in [0.3, 0.4) is 0 Å². The maximum atomic E-state index is 11.8. The number of carbonyl (C=O) groups excluding carboxylic acids is 1. The van der Waals surface area contributed by atoms with Gasteiger partial charge in [-0.25, -0.2) is 0 Å². The minimum atomic E-state index is -0.0742. The first-order valence-corrected chi connectivity index (χ1v) is 6.34. The fourth-order valence-electron chi connectivity index (χ4n) is 1.54. The van der Waals surface area contributed by atoms with Gasteiger partial charge in [0.25, 0.3) is 0 Å². The summed E-state index contributed by atoms with van der Waals surface area (Å²) in [6.45, 7) is 5.21. The number of aryl methyl sites for hydroxylation is 1. The van der Waals surface area contributed by atoms with E-state index in [2.05, 4.69) is 17.2 Å². The standard InChI is InChI=1S/C15H20N2O2/c1-3-19-10-8-15(18)17-14-11-12(2)6-7-13(14)5-4-9-16/h6-7,11H,3,8-10,16H2,1-2H3,(H,17,18). The second kappa shape index (κ2) is 8.30. The molecule has 0 saturated heterocycles. The molecule has 0 aliphatic rings. The molecule has 0 aliphatic carbocycles. The van der Waals surface area contributed by atoms with Crippen LogP contribution in [0.1, 0.15) is 24.5 Å². The van der Waals surface area contributed by atoms with Gasteiger partial charge >= 0.3 is 0 Å². The highest BCUT2D eigenvalue weighted by Crippen LogP contribution is 2.16. The van der Waals surface area contributed by atoms with Crippen LogP contribution in [-0.4, -0.2) is 25.7 Å². The fourth-order valence-corrected chi connectivity index (χ4v) is 1.54. The van der Waals surface area contributed by atoms with Crippen molar-refractivity contribution in [3.8, 4) is 11.8 Å². The molecule has 1 aromatic carbocycles. The molecular weight excluding hydrogens is 240 g/mol. The third kappa shape index (κ3) is 5.56. The van der Waals surface area contributed by atoms with E-state index in [4.69, 9.17) is 10.5 Å². The van der Waals surface area contributed by atoms with Crippen molar-refractivity contribution in [1.29, 1.82) is 0 Å². The summed E-state index contributed by atoms with van der Waals surface area (Å²) in [6.07, 6.45) is 0.339. The van der Waals surface area contributed by atoms with E-state index in [1.807, 2.05) is 32.0 Å². The Balaban J connectivity index is 2.75. The number of hydrogen-bond acceptors (Lipinski definition) is 3. The summed E-state index contributed by atoms with van der Waals surface area (Å²) in [7, 11) is 0. The molecule has 102 valence electrons. The van der Waals surface area contributed by atoms with E-state index >= 15 is 0 Å². The number of amides is 1. The molecule has 0 radical (unpaired) electrons. The van der Waals surface area contributed by atoms with Gasteiger partial charge in [0, 0.05) is 12.2 Å². The minimum Gasteiger partial charge on any atom is -0.381 e. The molecule has 19 heavy (non-hydrogen) atoms. The zero-order chi connectivity index (χ0) is 14.1. The first-order valence-electron chi connectivity index (χ1n) is 6.34. The number of rotatable bonds is 5. The normalized spacial score (nSPS) is 9.63. The van der Waals surface area contributed by atoms with Crippen molar-refractivity contribution in [2.24, 2.45) is 5.73 Å². The van der Waals surface area contributed by atoms with Gasteiger partial charge in [-0.1, -0.05) is 17.9 Å². The van der Waals surface area contributed by atoms with Crippen molar-refractivity contribution in [2.45, 2.75) is 20.3 Å². The molecule has 0 aliphatic heterocycles. The molecule has 0 heterocycles. The summed E-state index contributed by atoms with van der Waals surface area (Å²) in [5.74, 6) is 5.67. The Kier molecular flexibility index (Phi) is 6.65. The summed E-state index contributed by atoms with van der Waals surface area (Å²) >= 11 is 0. The molecule has 0 atom stereocenters. The second-order valence-corrected chi connectivity index (χ2v) is 4.05. The van der Waals surface area contributed by atoms with E-state index in [0.29, 0.717) is 26.2 Å². The van der Waals surface area contributed by atoms with Gasteiger partial charge in [0.05, 0.1) is 25.3 Å². The monoisotopic (exact) mass is 260 g/mol. The summed E-state index contributed by atoms with van der Waals surface area (Å²) < 4.78 is 5.16. The minimum absolute atomic E-state index is 0.0742. The first kappa shape index (κ1) is 15.2. The molecule has 0 saturated carbocycles. The Morgan fingerprint density at radius 3 is 2.95 bits per heavy atom. The predicted molar refractivity (Wildman–Crippen MR) is 76.9 cm³/mol. The maximum Gasteiger partial charge on any atom is 0.226 e. The van der Waals surface area contributed by atoms with Crippen LogP contribution >= 0.6 is 0 Å². The number of hydrogen-bond donors (Lipinski definition) is 2. The number of nitrogens with one attached hydrogen (secondary N) is 1. The van der Waals surface area contributed by atoms with Gasteiger partial charge in [-0.05, 0) is 31.5 Å². The quantitative estimate of drug-likeness (QED) is 0.625. The van der Waals surface area contributed by atoms with Crippen molar-refractivity contribution in [1.82, 2.24) is 0 Å². The molecule has 0 spiro atoms. The van der Waals surface area contributed by atoms with Crippen molar-refractivity contribution in [3.63, 3.8) is 0 Å². The first-order chi connectivity index (χ1) is 9.17. The SMILES string of the molecule is CCOCCC(=O)Nc1cc(C)ccc1C#CCN. The van der Waals surface area contributed by atoms with Gasteiger partial charge in [-0.15, -0.1) is 0 Å². The van der Waals surface area contributed by atoms with Crippen LogP contribution in [0, 0.1) is 18.8 Å². The summed E-state index contributed by atoms with van der Waals surface area (Å²) in [6, 6.07) is 5.74. The highest BCUT2D eigenvalue weighted by molar-refractivity contribution is 5.92. The smallest absolute Gasteiger partial charge is 0.226 e. The van der Waals surface area contributed by atoms with Gasteiger partial charge in [0.2, 0.25) is 5.91 Å². The van der Waals surface area contributed by atoms with Gasteiger partial charge < -0.3 is 15.8 Å². The summed E-state index contributed by atoms with van der Waals surface area (Å²) in [5, 5.41) is 2.86. The van der Waals surface area contributed by atoms with Crippen molar-refractivity contribution in [3.05, 3.63) is 29.3 Å². The molecule has 0 unspecified atom stereocenters. The Bertz CT molecular complexity index is 487. The number of benzene rings is 1. The van der Waals surface area contributed by atoms with Crippen LogP contribution in [-0.2, 0) is 9.53 Å². The molecule has 0 bridgehead atoms. The van der Waals surface area contributed by atoms with Crippen LogP contribution in [0.15, 0.2) is 18.2 Å². The topological polar surface area (TPSA) is 64.3 Å². The molecule has 3 N–H and O–H groups in total. The lowest BCUT2D eigenvalue weighted by Gasteiger charge is -2.08. The lowest BCUT2D eigenvalue weighted by atomic mass is 10.1. The Morgan fingerprint density at radius 1 is 1.47 bits per heavy atom. The number of anilines is 1. The van der Waals surface area contributed by atoms with Gasteiger partial charge in [0.15, 0.2) is 0 Å². The number of nitrogens with two attached hydrogens (primary N) is 1. The Morgan fingerprint density at radius 2 is 2.26 bits per heavy atom. The molecule has 1 aromatic rings. The summed E-state index contributed by atoms with van der Waals surface area (Å²) in [4.78, 5) is 11.8.